The molecule has 0 saturated heterocycles. The predicted octanol–water partition coefficient (Wildman–Crippen LogP) is 1.68. The average molecular weight is 246 g/mol. The van der Waals surface area contributed by atoms with E-state index in [0.29, 0.717) is 18.7 Å². The molecule has 1 rings (SSSR count). The summed E-state index contributed by atoms with van der Waals surface area (Å²) in [6.45, 7) is 4.45. The molecule has 0 heterocycles. The van der Waals surface area contributed by atoms with Gasteiger partial charge in [-0.25, -0.2) is 0 Å². The fourth-order valence-electron chi connectivity index (χ4n) is 2.05. The third-order valence-electron chi connectivity index (χ3n) is 2.85. The molecule has 0 aliphatic carbocycles. The van der Waals surface area contributed by atoms with Crippen molar-refractivity contribution in [3.05, 3.63) is 34.4 Å². The monoisotopic (exact) mass is 246 g/mol. The van der Waals surface area contributed by atoms with Gasteiger partial charge in [0.1, 0.15) is 0 Å². The van der Waals surface area contributed by atoms with Crippen LogP contribution < -0.4 is 5.73 Å². The largest absolute Gasteiger partial charge is 0.466 e. The van der Waals surface area contributed by atoms with Crippen LogP contribution in [0.5, 0.6) is 0 Å². The van der Waals surface area contributed by atoms with Crippen molar-refractivity contribution in [3.8, 4) is 6.07 Å². The summed E-state index contributed by atoms with van der Waals surface area (Å²) in [6, 6.07) is 5.66. The molecule has 0 spiro atoms. The van der Waals surface area contributed by atoms with Crippen LogP contribution in [0.1, 0.15) is 36.1 Å². The number of hydrogen-bond donors (Lipinski definition) is 1. The molecule has 96 valence electrons. The first-order chi connectivity index (χ1) is 8.67. The van der Waals surface area contributed by atoms with Crippen molar-refractivity contribution in [2.75, 3.05) is 6.61 Å². The lowest BCUT2D eigenvalue weighted by Gasteiger charge is -2.13. The van der Waals surface area contributed by atoms with E-state index in [9.17, 15) is 4.79 Å². The van der Waals surface area contributed by atoms with E-state index in [1.54, 1.807) is 13.0 Å². The molecular weight excluding hydrogens is 228 g/mol. The molecule has 0 fully saturated rings. The third kappa shape index (κ3) is 3.08. The zero-order valence-electron chi connectivity index (χ0n) is 10.8. The lowest BCUT2D eigenvalue weighted by Crippen LogP contribution is -2.12. The number of nitrogens with zero attached hydrogens (tertiary/aromatic N) is 1. The van der Waals surface area contributed by atoms with Crippen molar-refractivity contribution in [2.45, 2.75) is 33.2 Å². The van der Waals surface area contributed by atoms with Gasteiger partial charge in [0.25, 0.3) is 0 Å². The smallest absolute Gasteiger partial charge is 0.310 e. The number of nitriles is 1. The van der Waals surface area contributed by atoms with Gasteiger partial charge >= 0.3 is 5.97 Å². The summed E-state index contributed by atoms with van der Waals surface area (Å²) in [6.07, 6.45) is 0.979. The summed E-state index contributed by atoms with van der Waals surface area (Å²) >= 11 is 0. The van der Waals surface area contributed by atoms with Crippen molar-refractivity contribution < 1.29 is 9.53 Å². The average Bonchev–Trinajstić information content (AvgIpc) is 2.38. The Bertz CT molecular complexity index is 475. The van der Waals surface area contributed by atoms with E-state index < -0.39 is 0 Å². The van der Waals surface area contributed by atoms with E-state index in [4.69, 9.17) is 15.7 Å². The lowest BCUT2D eigenvalue weighted by molar-refractivity contribution is -0.142. The Morgan fingerprint density at radius 1 is 1.39 bits per heavy atom. The van der Waals surface area contributed by atoms with Gasteiger partial charge in [-0.05, 0) is 36.1 Å². The fraction of sp³-hybridized carbons (Fsp3) is 0.429. The highest BCUT2D eigenvalue weighted by Crippen LogP contribution is 2.20. The summed E-state index contributed by atoms with van der Waals surface area (Å²) in [5.41, 5.74) is 9.00. The Balaban J connectivity index is 3.13. The molecule has 0 unspecified atom stereocenters. The molecule has 18 heavy (non-hydrogen) atoms. The Morgan fingerprint density at radius 3 is 2.61 bits per heavy atom. The molecule has 0 radical (unpaired) electrons. The van der Waals surface area contributed by atoms with Gasteiger partial charge < -0.3 is 10.5 Å². The zero-order valence-corrected chi connectivity index (χ0v) is 10.8. The van der Waals surface area contributed by atoms with Crippen molar-refractivity contribution in [3.63, 3.8) is 0 Å². The molecule has 0 atom stereocenters. The second-order valence-corrected chi connectivity index (χ2v) is 3.88. The number of carbonyl (C=O) groups is 1. The third-order valence-corrected chi connectivity index (χ3v) is 2.85. The number of nitrogens with two attached hydrogens (primary N) is 1. The highest BCUT2D eigenvalue weighted by atomic mass is 16.5. The Hall–Kier alpha value is -1.86. The number of ether oxygens (including phenoxy) is 1. The molecule has 0 aliphatic heterocycles. The normalized spacial score (nSPS) is 9.89. The topological polar surface area (TPSA) is 76.1 Å². The van der Waals surface area contributed by atoms with Crippen LogP contribution in [0.3, 0.4) is 0 Å². The summed E-state index contributed by atoms with van der Waals surface area (Å²) in [5, 5.41) is 9.03. The molecule has 0 aliphatic rings. The first-order valence-electron chi connectivity index (χ1n) is 6.07. The van der Waals surface area contributed by atoms with Gasteiger partial charge in [0, 0.05) is 6.54 Å². The second kappa shape index (κ2) is 6.77. The minimum absolute atomic E-state index is 0.232. The Kier molecular flexibility index (Phi) is 5.34. The van der Waals surface area contributed by atoms with Crippen LogP contribution in [-0.2, 0) is 28.9 Å². The van der Waals surface area contributed by atoms with E-state index in [1.165, 1.54) is 0 Å². The highest BCUT2D eigenvalue weighted by Gasteiger charge is 2.13. The molecule has 0 saturated carbocycles. The van der Waals surface area contributed by atoms with Gasteiger partial charge in [-0.2, -0.15) is 5.26 Å². The molecule has 4 nitrogen and oxygen atoms in total. The minimum Gasteiger partial charge on any atom is -0.466 e. The van der Waals surface area contributed by atoms with Crippen LogP contribution in [0.25, 0.3) is 0 Å². The molecule has 0 aromatic heterocycles. The molecule has 1 aromatic carbocycles. The minimum atomic E-state index is -0.250. The maximum Gasteiger partial charge on any atom is 0.310 e. The summed E-state index contributed by atoms with van der Waals surface area (Å²) in [7, 11) is 0. The zero-order chi connectivity index (χ0) is 13.5. The van der Waals surface area contributed by atoms with Crippen molar-refractivity contribution >= 4 is 5.97 Å². The number of rotatable bonds is 5. The first kappa shape index (κ1) is 14.2. The second-order valence-electron chi connectivity index (χ2n) is 3.88. The number of esters is 1. The van der Waals surface area contributed by atoms with Gasteiger partial charge in [-0.15, -0.1) is 0 Å². The summed E-state index contributed by atoms with van der Waals surface area (Å²) in [4.78, 5) is 11.5. The maximum atomic E-state index is 11.5. The van der Waals surface area contributed by atoms with E-state index >= 15 is 0 Å². The summed E-state index contributed by atoms with van der Waals surface area (Å²) in [5.74, 6) is -0.250. The standard InChI is InChI=1S/C14H18N2O2/c1-3-12-10(7-14(17)18-4-2)5-6-11(8-15)13(12)9-16/h5-6H,3-4,7,9,16H2,1-2H3. The van der Waals surface area contributed by atoms with Crippen LogP contribution in [0.15, 0.2) is 12.1 Å². The SMILES string of the molecule is CCOC(=O)Cc1ccc(C#N)c(CN)c1CC. The molecule has 0 amide bonds. The van der Waals surface area contributed by atoms with E-state index in [0.717, 1.165) is 23.1 Å². The van der Waals surface area contributed by atoms with Crippen molar-refractivity contribution in [1.82, 2.24) is 0 Å². The molecule has 1 aromatic rings. The highest BCUT2D eigenvalue weighted by molar-refractivity contribution is 5.73. The van der Waals surface area contributed by atoms with Gasteiger partial charge in [0.15, 0.2) is 0 Å². The van der Waals surface area contributed by atoms with Crippen LogP contribution in [0, 0.1) is 11.3 Å². The van der Waals surface area contributed by atoms with Crippen LogP contribution >= 0.6 is 0 Å². The quantitative estimate of drug-likeness (QED) is 0.802. The summed E-state index contributed by atoms with van der Waals surface area (Å²) < 4.78 is 4.94. The van der Waals surface area contributed by atoms with Gasteiger partial charge in [-0.1, -0.05) is 13.0 Å². The van der Waals surface area contributed by atoms with Crippen LogP contribution in [-0.4, -0.2) is 12.6 Å². The van der Waals surface area contributed by atoms with Crippen molar-refractivity contribution in [2.24, 2.45) is 5.73 Å². The lowest BCUT2D eigenvalue weighted by atomic mass is 9.93. The van der Waals surface area contributed by atoms with Gasteiger partial charge in [-0.3, -0.25) is 4.79 Å². The van der Waals surface area contributed by atoms with Gasteiger partial charge in [0.2, 0.25) is 0 Å². The number of carbonyl (C=O) groups excluding carboxylic acids is 1. The molecule has 2 N–H and O–H groups in total. The fourth-order valence-corrected chi connectivity index (χ4v) is 2.05. The van der Waals surface area contributed by atoms with E-state index in [2.05, 4.69) is 6.07 Å². The molecular formula is C14H18N2O2. The van der Waals surface area contributed by atoms with Crippen molar-refractivity contribution in [1.29, 1.82) is 5.26 Å². The first-order valence-corrected chi connectivity index (χ1v) is 6.07. The van der Waals surface area contributed by atoms with Crippen LogP contribution in [0.4, 0.5) is 0 Å². The van der Waals surface area contributed by atoms with Crippen LogP contribution in [0.2, 0.25) is 0 Å². The Morgan fingerprint density at radius 2 is 2.11 bits per heavy atom. The van der Waals surface area contributed by atoms with E-state index in [1.807, 2.05) is 13.0 Å². The molecule has 0 bridgehead atoms. The van der Waals surface area contributed by atoms with E-state index in [-0.39, 0.29) is 12.4 Å². The maximum absolute atomic E-state index is 11.5. The Labute approximate surface area is 107 Å². The number of hydrogen-bond acceptors (Lipinski definition) is 4. The number of benzene rings is 1. The molecule has 4 heteroatoms. The van der Waals surface area contributed by atoms with Gasteiger partial charge in [0.05, 0.1) is 24.7 Å². The predicted molar refractivity (Wildman–Crippen MR) is 68.8 cm³/mol.